The van der Waals surface area contributed by atoms with Crippen LogP contribution in [0.2, 0.25) is 0 Å². The molecule has 2 saturated heterocycles. The van der Waals surface area contributed by atoms with Crippen molar-refractivity contribution in [2.45, 2.75) is 25.0 Å². The van der Waals surface area contributed by atoms with Gasteiger partial charge in [0.2, 0.25) is 0 Å². The Bertz CT molecular complexity index is 514. The number of aromatic carboxylic acids is 1. The Hall–Kier alpha value is -1.66. The molecule has 3 rings (SSSR count). The molecule has 1 aromatic rings. The SMILES string of the molecule is CC1CN(c2cccc(C(=O)O)n2)CC2(CCOC2)O1. The summed E-state index contributed by atoms with van der Waals surface area (Å²) in [6.45, 7) is 4.72. The number of pyridine rings is 1. The lowest BCUT2D eigenvalue weighted by atomic mass is 9.99. The number of carboxylic acids is 1. The lowest BCUT2D eigenvalue weighted by molar-refractivity contribution is -0.0990. The summed E-state index contributed by atoms with van der Waals surface area (Å²) < 4.78 is 11.5. The highest BCUT2D eigenvalue weighted by Crippen LogP contribution is 2.31. The Morgan fingerprint density at radius 3 is 3.10 bits per heavy atom. The van der Waals surface area contributed by atoms with Crippen LogP contribution < -0.4 is 4.90 Å². The van der Waals surface area contributed by atoms with Crippen LogP contribution in [0.5, 0.6) is 0 Å². The van der Waals surface area contributed by atoms with Crippen LogP contribution in [0.15, 0.2) is 18.2 Å². The summed E-state index contributed by atoms with van der Waals surface area (Å²) >= 11 is 0. The van der Waals surface area contributed by atoms with Crippen molar-refractivity contribution in [2.24, 2.45) is 0 Å². The number of hydrogen-bond donors (Lipinski definition) is 1. The molecule has 0 amide bonds. The van der Waals surface area contributed by atoms with Crippen molar-refractivity contribution in [3.8, 4) is 0 Å². The van der Waals surface area contributed by atoms with Gasteiger partial charge >= 0.3 is 5.97 Å². The minimum absolute atomic E-state index is 0.0679. The monoisotopic (exact) mass is 278 g/mol. The Kier molecular flexibility index (Phi) is 3.35. The van der Waals surface area contributed by atoms with E-state index in [1.165, 1.54) is 6.07 Å². The molecule has 1 aromatic heterocycles. The van der Waals surface area contributed by atoms with E-state index in [9.17, 15) is 4.79 Å². The third kappa shape index (κ3) is 2.48. The second-order valence-electron chi connectivity index (χ2n) is 5.48. The van der Waals surface area contributed by atoms with Crippen molar-refractivity contribution in [1.29, 1.82) is 0 Å². The minimum Gasteiger partial charge on any atom is -0.477 e. The normalized spacial score (nSPS) is 29.9. The van der Waals surface area contributed by atoms with Gasteiger partial charge in [-0.3, -0.25) is 0 Å². The van der Waals surface area contributed by atoms with Crippen LogP contribution in [-0.2, 0) is 9.47 Å². The van der Waals surface area contributed by atoms with Crippen LogP contribution >= 0.6 is 0 Å². The van der Waals surface area contributed by atoms with Crippen molar-refractivity contribution < 1.29 is 19.4 Å². The van der Waals surface area contributed by atoms with Gasteiger partial charge in [0.15, 0.2) is 5.69 Å². The molecule has 1 spiro atoms. The molecule has 0 aromatic carbocycles. The maximum Gasteiger partial charge on any atom is 0.354 e. The number of carbonyl (C=O) groups is 1. The fraction of sp³-hybridized carbons (Fsp3) is 0.571. The number of morpholine rings is 1. The molecule has 3 heterocycles. The topological polar surface area (TPSA) is 71.9 Å². The van der Waals surface area contributed by atoms with Crippen LogP contribution in [0.1, 0.15) is 23.8 Å². The van der Waals surface area contributed by atoms with E-state index in [1.807, 2.05) is 13.0 Å². The fourth-order valence-electron chi connectivity index (χ4n) is 2.92. The van der Waals surface area contributed by atoms with Crippen molar-refractivity contribution >= 4 is 11.8 Å². The lowest BCUT2D eigenvalue weighted by Gasteiger charge is -2.43. The molecule has 2 aliphatic heterocycles. The lowest BCUT2D eigenvalue weighted by Crippen LogP contribution is -2.55. The smallest absolute Gasteiger partial charge is 0.354 e. The van der Waals surface area contributed by atoms with E-state index in [0.717, 1.165) is 6.42 Å². The average molecular weight is 278 g/mol. The van der Waals surface area contributed by atoms with Gasteiger partial charge in [-0.15, -0.1) is 0 Å². The maximum atomic E-state index is 11.0. The van der Waals surface area contributed by atoms with Gasteiger partial charge in [0.05, 0.1) is 19.3 Å². The first-order chi connectivity index (χ1) is 9.58. The first kappa shape index (κ1) is 13.3. The predicted octanol–water partition coefficient (Wildman–Crippen LogP) is 1.16. The Balaban J connectivity index is 1.85. The number of nitrogens with zero attached hydrogens (tertiary/aromatic N) is 2. The van der Waals surface area contributed by atoms with E-state index in [4.69, 9.17) is 14.6 Å². The molecular formula is C14H18N2O4. The molecule has 2 atom stereocenters. The molecular weight excluding hydrogens is 260 g/mol. The van der Waals surface area contributed by atoms with Gasteiger partial charge in [0.25, 0.3) is 0 Å². The standard InChI is InChI=1S/C14H18N2O4/c1-10-7-16(8-14(20-10)5-6-19-9-14)12-4-2-3-11(15-12)13(17)18/h2-4,10H,5-9H2,1H3,(H,17,18). The molecule has 0 bridgehead atoms. The summed E-state index contributed by atoms with van der Waals surface area (Å²) in [6, 6.07) is 5.07. The third-order valence-electron chi connectivity index (χ3n) is 3.75. The molecule has 108 valence electrons. The van der Waals surface area contributed by atoms with Crippen LogP contribution in [0.4, 0.5) is 5.82 Å². The number of aromatic nitrogens is 1. The number of ether oxygens (including phenoxy) is 2. The first-order valence-corrected chi connectivity index (χ1v) is 6.79. The van der Waals surface area contributed by atoms with Crippen LogP contribution in [0.25, 0.3) is 0 Å². The molecule has 6 heteroatoms. The van der Waals surface area contributed by atoms with Gasteiger partial charge in [0.1, 0.15) is 11.4 Å². The molecule has 2 aliphatic rings. The van der Waals surface area contributed by atoms with Gasteiger partial charge in [-0.1, -0.05) is 6.07 Å². The van der Waals surface area contributed by atoms with Gasteiger partial charge < -0.3 is 19.5 Å². The molecule has 0 radical (unpaired) electrons. The second kappa shape index (κ2) is 5.03. The van der Waals surface area contributed by atoms with Gasteiger partial charge in [-0.25, -0.2) is 9.78 Å². The zero-order valence-corrected chi connectivity index (χ0v) is 11.4. The summed E-state index contributed by atoms with van der Waals surface area (Å²) in [5, 5.41) is 9.04. The summed E-state index contributed by atoms with van der Waals surface area (Å²) in [7, 11) is 0. The van der Waals surface area contributed by atoms with E-state index < -0.39 is 5.97 Å². The number of anilines is 1. The van der Waals surface area contributed by atoms with Crippen molar-refractivity contribution in [2.75, 3.05) is 31.2 Å². The quantitative estimate of drug-likeness (QED) is 0.875. The molecule has 2 unspecified atom stereocenters. The zero-order chi connectivity index (χ0) is 14.2. The average Bonchev–Trinajstić information content (AvgIpc) is 2.85. The molecule has 20 heavy (non-hydrogen) atoms. The van der Waals surface area contributed by atoms with E-state index in [-0.39, 0.29) is 17.4 Å². The van der Waals surface area contributed by atoms with Crippen molar-refractivity contribution in [3.05, 3.63) is 23.9 Å². The molecule has 0 saturated carbocycles. The molecule has 6 nitrogen and oxygen atoms in total. The van der Waals surface area contributed by atoms with Crippen LogP contribution in [0, 0.1) is 0 Å². The predicted molar refractivity (Wildman–Crippen MR) is 72.1 cm³/mol. The fourth-order valence-corrected chi connectivity index (χ4v) is 2.92. The van der Waals surface area contributed by atoms with Crippen LogP contribution in [-0.4, -0.2) is 54.1 Å². The Morgan fingerprint density at radius 2 is 2.40 bits per heavy atom. The second-order valence-corrected chi connectivity index (χ2v) is 5.48. The summed E-state index contributed by atoms with van der Waals surface area (Å²) in [4.78, 5) is 17.3. The van der Waals surface area contributed by atoms with E-state index in [2.05, 4.69) is 9.88 Å². The minimum atomic E-state index is -1.01. The largest absolute Gasteiger partial charge is 0.477 e. The summed E-state index contributed by atoms with van der Waals surface area (Å²) in [6.07, 6.45) is 0.938. The Morgan fingerprint density at radius 1 is 1.55 bits per heavy atom. The number of rotatable bonds is 2. The van der Waals surface area contributed by atoms with Crippen molar-refractivity contribution in [3.63, 3.8) is 0 Å². The van der Waals surface area contributed by atoms with Gasteiger partial charge in [0, 0.05) is 19.6 Å². The molecule has 1 N–H and O–H groups in total. The van der Waals surface area contributed by atoms with Gasteiger partial charge in [-0.2, -0.15) is 0 Å². The maximum absolute atomic E-state index is 11.0. The summed E-state index contributed by atoms with van der Waals surface area (Å²) in [5.74, 6) is -0.321. The Labute approximate surface area is 117 Å². The highest BCUT2D eigenvalue weighted by molar-refractivity contribution is 5.85. The zero-order valence-electron chi connectivity index (χ0n) is 11.4. The van der Waals surface area contributed by atoms with Crippen LogP contribution in [0.3, 0.4) is 0 Å². The number of carboxylic acid groups (broad SMARTS) is 1. The molecule has 2 fully saturated rings. The van der Waals surface area contributed by atoms with Gasteiger partial charge in [-0.05, 0) is 19.1 Å². The highest BCUT2D eigenvalue weighted by atomic mass is 16.6. The van der Waals surface area contributed by atoms with Crippen molar-refractivity contribution in [1.82, 2.24) is 4.98 Å². The van der Waals surface area contributed by atoms with E-state index in [0.29, 0.717) is 32.1 Å². The van der Waals surface area contributed by atoms with E-state index in [1.54, 1.807) is 6.07 Å². The highest BCUT2D eigenvalue weighted by Gasteiger charge is 2.43. The number of hydrogen-bond acceptors (Lipinski definition) is 5. The third-order valence-corrected chi connectivity index (χ3v) is 3.75. The van der Waals surface area contributed by atoms with E-state index >= 15 is 0 Å². The molecule has 0 aliphatic carbocycles. The summed E-state index contributed by atoms with van der Waals surface area (Å²) in [5.41, 5.74) is -0.211. The first-order valence-electron chi connectivity index (χ1n) is 6.79.